The topological polar surface area (TPSA) is 29.5 Å². The summed E-state index contributed by atoms with van der Waals surface area (Å²) in [6.07, 6.45) is 1.26. The number of carbonyl (C=O) groups is 1. The van der Waals surface area contributed by atoms with E-state index >= 15 is 0 Å². The van der Waals surface area contributed by atoms with Crippen LogP contribution in [0, 0.1) is 0 Å². The molecule has 2 aromatic rings. The number of nitrogens with zero attached hydrogens (tertiary/aromatic N) is 1. The van der Waals surface area contributed by atoms with Gasteiger partial charge in [-0.05, 0) is 47.4 Å². The molecule has 0 saturated heterocycles. The first kappa shape index (κ1) is 14.9. The average molecular weight is 316 g/mol. The van der Waals surface area contributed by atoms with Crippen molar-refractivity contribution in [3.05, 3.63) is 64.2 Å². The van der Waals surface area contributed by atoms with Crippen molar-refractivity contribution in [2.24, 2.45) is 0 Å². The average Bonchev–Trinajstić information content (AvgIpc) is 2.53. The van der Waals surface area contributed by atoms with Gasteiger partial charge in [0.25, 0.3) is 0 Å². The number of benzene rings is 2. The van der Waals surface area contributed by atoms with Gasteiger partial charge in [0, 0.05) is 18.1 Å². The zero-order valence-corrected chi connectivity index (χ0v) is 13.3. The summed E-state index contributed by atoms with van der Waals surface area (Å²) in [5.74, 6) is 1.01. The smallest absolute Gasteiger partial charge is 0.227 e. The molecule has 0 aromatic heterocycles. The van der Waals surface area contributed by atoms with E-state index in [0.29, 0.717) is 18.0 Å². The number of hydrogen-bond donors (Lipinski definition) is 0. The first-order valence-electron chi connectivity index (χ1n) is 7.34. The predicted octanol–water partition coefficient (Wildman–Crippen LogP) is 3.48. The van der Waals surface area contributed by atoms with Crippen molar-refractivity contribution in [3.63, 3.8) is 0 Å². The monoisotopic (exact) mass is 315 g/mol. The van der Waals surface area contributed by atoms with Gasteiger partial charge >= 0.3 is 0 Å². The van der Waals surface area contributed by atoms with Crippen LogP contribution in [0.4, 0.5) is 0 Å². The maximum Gasteiger partial charge on any atom is 0.227 e. The molecule has 3 nitrogen and oxygen atoms in total. The van der Waals surface area contributed by atoms with E-state index in [2.05, 4.69) is 6.07 Å². The highest BCUT2D eigenvalue weighted by molar-refractivity contribution is 6.30. The minimum absolute atomic E-state index is 0.142. The fraction of sp³-hybridized carbons (Fsp3) is 0.278. The lowest BCUT2D eigenvalue weighted by atomic mass is 9.99. The largest absolute Gasteiger partial charge is 0.497 e. The fourth-order valence-electron chi connectivity index (χ4n) is 2.80. The number of carbonyl (C=O) groups excluding carboxylic acids is 1. The Kier molecular flexibility index (Phi) is 4.34. The SMILES string of the molecule is COc1ccc2c(c1)CCN(C(=O)Cc1cccc(Cl)c1)C2. The molecule has 2 aromatic carbocycles. The molecule has 0 N–H and O–H groups in total. The van der Waals surface area contributed by atoms with Gasteiger partial charge in [0.05, 0.1) is 13.5 Å². The van der Waals surface area contributed by atoms with E-state index in [4.69, 9.17) is 16.3 Å². The Morgan fingerprint density at radius 1 is 1.23 bits per heavy atom. The van der Waals surface area contributed by atoms with Crippen LogP contribution >= 0.6 is 11.6 Å². The van der Waals surface area contributed by atoms with Crippen molar-refractivity contribution in [1.29, 1.82) is 0 Å². The molecule has 0 fully saturated rings. The van der Waals surface area contributed by atoms with Crippen LogP contribution < -0.4 is 4.74 Å². The van der Waals surface area contributed by atoms with Gasteiger partial charge in [-0.3, -0.25) is 4.79 Å². The molecule has 3 rings (SSSR count). The normalized spacial score (nSPS) is 13.6. The maximum absolute atomic E-state index is 12.5. The first-order valence-corrected chi connectivity index (χ1v) is 7.71. The highest BCUT2D eigenvalue weighted by Crippen LogP contribution is 2.24. The Morgan fingerprint density at radius 3 is 2.86 bits per heavy atom. The third-order valence-electron chi connectivity index (χ3n) is 4.02. The molecule has 0 bridgehead atoms. The quantitative estimate of drug-likeness (QED) is 0.868. The van der Waals surface area contributed by atoms with Crippen LogP contribution in [0.1, 0.15) is 16.7 Å². The molecule has 0 saturated carbocycles. The molecule has 114 valence electrons. The van der Waals surface area contributed by atoms with Crippen molar-refractivity contribution in [1.82, 2.24) is 4.90 Å². The Morgan fingerprint density at radius 2 is 2.09 bits per heavy atom. The molecule has 22 heavy (non-hydrogen) atoms. The zero-order valence-electron chi connectivity index (χ0n) is 12.5. The van der Waals surface area contributed by atoms with Crippen molar-refractivity contribution >= 4 is 17.5 Å². The van der Waals surface area contributed by atoms with Crippen molar-refractivity contribution in [2.45, 2.75) is 19.4 Å². The second-order valence-electron chi connectivity index (χ2n) is 5.51. The number of ether oxygens (including phenoxy) is 1. The predicted molar refractivity (Wildman–Crippen MR) is 87.3 cm³/mol. The number of methoxy groups -OCH3 is 1. The van der Waals surface area contributed by atoms with Gasteiger partial charge in [0.1, 0.15) is 5.75 Å². The van der Waals surface area contributed by atoms with E-state index in [9.17, 15) is 4.79 Å². The summed E-state index contributed by atoms with van der Waals surface area (Å²) in [7, 11) is 1.67. The number of halogens is 1. The lowest BCUT2D eigenvalue weighted by Gasteiger charge is -2.29. The standard InChI is InChI=1S/C18H18ClNO2/c1-22-17-6-5-15-12-20(8-7-14(15)11-17)18(21)10-13-3-2-4-16(19)9-13/h2-6,9,11H,7-8,10,12H2,1H3. The first-order chi connectivity index (χ1) is 10.7. The van der Waals surface area contributed by atoms with Crippen LogP contribution in [0.5, 0.6) is 5.75 Å². The summed E-state index contributed by atoms with van der Waals surface area (Å²) in [5, 5.41) is 0.668. The minimum Gasteiger partial charge on any atom is -0.497 e. The Hall–Kier alpha value is -2.00. The van der Waals surface area contributed by atoms with E-state index in [1.807, 2.05) is 41.3 Å². The van der Waals surface area contributed by atoms with Gasteiger partial charge in [-0.2, -0.15) is 0 Å². The number of hydrogen-bond acceptors (Lipinski definition) is 2. The number of fused-ring (bicyclic) bond motifs is 1. The Balaban J connectivity index is 1.70. The molecule has 0 spiro atoms. The van der Waals surface area contributed by atoms with Crippen molar-refractivity contribution < 1.29 is 9.53 Å². The lowest BCUT2D eigenvalue weighted by Crippen LogP contribution is -2.36. The minimum atomic E-state index is 0.142. The summed E-state index contributed by atoms with van der Waals surface area (Å²) < 4.78 is 5.25. The van der Waals surface area contributed by atoms with Gasteiger partial charge in [0.2, 0.25) is 5.91 Å². The molecule has 0 radical (unpaired) electrons. The van der Waals surface area contributed by atoms with Gasteiger partial charge in [-0.15, -0.1) is 0 Å². The summed E-state index contributed by atoms with van der Waals surface area (Å²) in [6, 6.07) is 13.5. The third-order valence-corrected chi connectivity index (χ3v) is 4.26. The van der Waals surface area contributed by atoms with E-state index in [1.165, 1.54) is 11.1 Å². The van der Waals surface area contributed by atoms with Gasteiger partial charge in [-0.1, -0.05) is 29.8 Å². The van der Waals surface area contributed by atoms with Gasteiger partial charge < -0.3 is 9.64 Å². The molecule has 0 unspecified atom stereocenters. The van der Waals surface area contributed by atoms with E-state index in [1.54, 1.807) is 7.11 Å². The molecule has 1 aliphatic rings. The molecule has 4 heteroatoms. The zero-order chi connectivity index (χ0) is 15.5. The molecular formula is C18H18ClNO2. The molecule has 1 aliphatic heterocycles. The summed E-state index contributed by atoms with van der Waals surface area (Å²) in [4.78, 5) is 14.4. The molecule has 1 amide bonds. The third kappa shape index (κ3) is 3.25. The number of rotatable bonds is 3. The van der Waals surface area contributed by atoms with Crippen LogP contribution in [0.3, 0.4) is 0 Å². The second kappa shape index (κ2) is 6.41. The Bertz CT molecular complexity index is 699. The van der Waals surface area contributed by atoms with E-state index < -0.39 is 0 Å². The highest BCUT2D eigenvalue weighted by Gasteiger charge is 2.21. The van der Waals surface area contributed by atoms with Crippen molar-refractivity contribution in [3.8, 4) is 5.75 Å². The maximum atomic E-state index is 12.5. The summed E-state index contributed by atoms with van der Waals surface area (Å²) in [5.41, 5.74) is 3.43. The summed E-state index contributed by atoms with van der Waals surface area (Å²) >= 11 is 5.97. The second-order valence-corrected chi connectivity index (χ2v) is 5.94. The highest BCUT2D eigenvalue weighted by atomic mass is 35.5. The fourth-order valence-corrected chi connectivity index (χ4v) is 3.02. The van der Waals surface area contributed by atoms with E-state index in [0.717, 1.165) is 24.3 Å². The lowest BCUT2D eigenvalue weighted by molar-refractivity contribution is -0.131. The van der Waals surface area contributed by atoms with Crippen LogP contribution in [0.2, 0.25) is 5.02 Å². The van der Waals surface area contributed by atoms with Crippen LogP contribution in [-0.2, 0) is 24.2 Å². The van der Waals surface area contributed by atoms with E-state index in [-0.39, 0.29) is 5.91 Å². The van der Waals surface area contributed by atoms with Crippen LogP contribution in [0.15, 0.2) is 42.5 Å². The molecule has 0 atom stereocenters. The van der Waals surface area contributed by atoms with Crippen molar-refractivity contribution in [2.75, 3.05) is 13.7 Å². The van der Waals surface area contributed by atoms with Crippen LogP contribution in [-0.4, -0.2) is 24.5 Å². The molecule has 1 heterocycles. The molecule has 0 aliphatic carbocycles. The number of amides is 1. The molecular weight excluding hydrogens is 298 g/mol. The van der Waals surface area contributed by atoms with Crippen LogP contribution in [0.25, 0.3) is 0 Å². The van der Waals surface area contributed by atoms with Gasteiger partial charge in [-0.25, -0.2) is 0 Å². The Labute approximate surface area is 135 Å². The summed E-state index contributed by atoms with van der Waals surface area (Å²) in [6.45, 7) is 1.41. The van der Waals surface area contributed by atoms with Gasteiger partial charge in [0.15, 0.2) is 0 Å².